The summed E-state index contributed by atoms with van der Waals surface area (Å²) in [6.45, 7) is 7.64. The van der Waals surface area contributed by atoms with Gasteiger partial charge in [0.05, 0.1) is 0 Å². The first kappa shape index (κ1) is 14.1. The van der Waals surface area contributed by atoms with Crippen molar-refractivity contribution in [1.82, 2.24) is 4.98 Å². The molecule has 0 aliphatic heterocycles. The lowest BCUT2D eigenvalue weighted by atomic mass is 10.1. The van der Waals surface area contributed by atoms with Crippen molar-refractivity contribution in [3.8, 4) is 0 Å². The molecule has 0 saturated heterocycles. The van der Waals surface area contributed by atoms with Crippen molar-refractivity contribution < 1.29 is 0 Å². The van der Waals surface area contributed by atoms with E-state index in [-0.39, 0.29) is 0 Å². The quantitative estimate of drug-likeness (QED) is 0.742. The largest absolute Gasteiger partial charge is 0.354 e. The van der Waals surface area contributed by atoms with Gasteiger partial charge in [0, 0.05) is 30.0 Å². The van der Waals surface area contributed by atoms with Crippen LogP contribution in [0.2, 0.25) is 0 Å². The third-order valence-corrected chi connectivity index (χ3v) is 3.65. The molecular weight excluding hydrogens is 256 g/mol. The molecule has 2 rings (SSSR count). The second kappa shape index (κ2) is 6.25. The standard InChI is InChI=1S/C16H21ClN2/c1-4-9-19(12(2)3)16-15-8-6-5-7-14(15)13(10-17)11-18-16/h5-8,11-12H,4,9-10H2,1-3H3. The summed E-state index contributed by atoms with van der Waals surface area (Å²) < 4.78 is 0. The topological polar surface area (TPSA) is 16.1 Å². The number of aromatic nitrogens is 1. The van der Waals surface area contributed by atoms with Crippen LogP contribution in [0.25, 0.3) is 10.8 Å². The van der Waals surface area contributed by atoms with Gasteiger partial charge >= 0.3 is 0 Å². The summed E-state index contributed by atoms with van der Waals surface area (Å²) in [6, 6.07) is 8.83. The van der Waals surface area contributed by atoms with Crippen molar-refractivity contribution >= 4 is 28.2 Å². The molecule has 0 saturated carbocycles. The molecule has 0 amide bonds. The molecule has 2 aromatic rings. The zero-order chi connectivity index (χ0) is 13.8. The van der Waals surface area contributed by atoms with Gasteiger partial charge in [-0.1, -0.05) is 31.2 Å². The molecule has 1 aromatic carbocycles. The Kier molecular flexibility index (Phi) is 4.65. The number of nitrogens with zero attached hydrogens (tertiary/aromatic N) is 2. The van der Waals surface area contributed by atoms with Crippen LogP contribution in [0.3, 0.4) is 0 Å². The monoisotopic (exact) mass is 276 g/mol. The molecule has 1 aromatic heterocycles. The molecule has 2 nitrogen and oxygen atoms in total. The van der Waals surface area contributed by atoms with E-state index in [0.717, 1.165) is 24.3 Å². The van der Waals surface area contributed by atoms with Gasteiger partial charge in [-0.3, -0.25) is 0 Å². The van der Waals surface area contributed by atoms with Gasteiger partial charge in [-0.15, -0.1) is 11.6 Å². The smallest absolute Gasteiger partial charge is 0.136 e. The van der Waals surface area contributed by atoms with Crippen LogP contribution in [0.4, 0.5) is 5.82 Å². The molecule has 0 unspecified atom stereocenters. The zero-order valence-electron chi connectivity index (χ0n) is 11.9. The number of anilines is 1. The fourth-order valence-corrected chi connectivity index (χ4v) is 2.63. The van der Waals surface area contributed by atoms with Crippen LogP contribution in [0, 0.1) is 0 Å². The Balaban J connectivity index is 2.60. The van der Waals surface area contributed by atoms with Crippen LogP contribution in [0.15, 0.2) is 30.5 Å². The summed E-state index contributed by atoms with van der Waals surface area (Å²) in [5.41, 5.74) is 1.10. The number of rotatable bonds is 5. The first-order valence-electron chi connectivity index (χ1n) is 6.88. The Morgan fingerprint density at radius 2 is 1.89 bits per heavy atom. The minimum atomic E-state index is 0.442. The first-order valence-corrected chi connectivity index (χ1v) is 7.41. The lowest BCUT2D eigenvalue weighted by Crippen LogP contribution is -2.32. The molecule has 0 aliphatic carbocycles. The van der Waals surface area contributed by atoms with Gasteiger partial charge in [0.1, 0.15) is 5.82 Å². The van der Waals surface area contributed by atoms with Crippen molar-refractivity contribution in [3.05, 3.63) is 36.0 Å². The van der Waals surface area contributed by atoms with Crippen LogP contribution < -0.4 is 4.90 Å². The summed E-state index contributed by atoms with van der Waals surface area (Å²) in [4.78, 5) is 7.02. The van der Waals surface area contributed by atoms with E-state index >= 15 is 0 Å². The molecular formula is C16H21ClN2. The molecule has 0 atom stereocenters. The Morgan fingerprint density at radius 3 is 2.47 bits per heavy atom. The second-order valence-corrected chi connectivity index (χ2v) is 5.34. The molecule has 0 radical (unpaired) electrons. The highest BCUT2D eigenvalue weighted by atomic mass is 35.5. The summed E-state index contributed by atoms with van der Waals surface area (Å²) in [5, 5.41) is 2.41. The van der Waals surface area contributed by atoms with Gasteiger partial charge in [-0.05, 0) is 31.2 Å². The average molecular weight is 277 g/mol. The highest BCUT2D eigenvalue weighted by Gasteiger charge is 2.15. The first-order chi connectivity index (χ1) is 9.19. The van der Waals surface area contributed by atoms with E-state index in [4.69, 9.17) is 11.6 Å². The van der Waals surface area contributed by atoms with Crippen molar-refractivity contribution in [2.24, 2.45) is 0 Å². The Bertz CT molecular complexity index is 551. The Morgan fingerprint density at radius 1 is 1.21 bits per heavy atom. The van der Waals surface area contributed by atoms with Crippen LogP contribution >= 0.6 is 11.6 Å². The highest BCUT2D eigenvalue weighted by molar-refractivity contribution is 6.18. The van der Waals surface area contributed by atoms with E-state index < -0.39 is 0 Å². The average Bonchev–Trinajstić information content (AvgIpc) is 2.43. The molecule has 0 fully saturated rings. The predicted octanol–water partition coefficient (Wildman–Crippen LogP) is 4.60. The summed E-state index contributed by atoms with van der Waals surface area (Å²) in [7, 11) is 0. The Labute approximate surface area is 120 Å². The number of hydrogen-bond donors (Lipinski definition) is 0. The van der Waals surface area contributed by atoms with Crippen molar-refractivity contribution in [2.75, 3.05) is 11.4 Å². The highest BCUT2D eigenvalue weighted by Crippen LogP contribution is 2.29. The number of alkyl halides is 1. The maximum atomic E-state index is 6.01. The van der Waals surface area contributed by atoms with Crippen molar-refractivity contribution in [2.45, 2.75) is 39.1 Å². The maximum absolute atomic E-state index is 6.01. The van der Waals surface area contributed by atoms with Gasteiger partial charge in [-0.2, -0.15) is 0 Å². The Hall–Kier alpha value is -1.28. The summed E-state index contributed by atoms with van der Waals surface area (Å²) in [5.74, 6) is 1.57. The molecule has 0 bridgehead atoms. The summed E-state index contributed by atoms with van der Waals surface area (Å²) >= 11 is 6.01. The van der Waals surface area contributed by atoms with Gasteiger partial charge in [0.15, 0.2) is 0 Å². The maximum Gasteiger partial charge on any atom is 0.136 e. The number of fused-ring (bicyclic) bond motifs is 1. The van der Waals surface area contributed by atoms with Gasteiger partial charge in [0.2, 0.25) is 0 Å². The lowest BCUT2D eigenvalue weighted by molar-refractivity contribution is 0.665. The minimum absolute atomic E-state index is 0.442. The number of hydrogen-bond acceptors (Lipinski definition) is 2. The lowest BCUT2D eigenvalue weighted by Gasteiger charge is -2.29. The zero-order valence-corrected chi connectivity index (χ0v) is 12.6. The molecule has 0 spiro atoms. The number of halogens is 1. The van der Waals surface area contributed by atoms with E-state index in [1.807, 2.05) is 6.20 Å². The SMILES string of the molecule is CCCN(c1ncc(CCl)c2ccccc12)C(C)C. The molecule has 0 aliphatic rings. The van der Waals surface area contributed by atoms with Crippen LogP contribution in [0.1, 0.15) is 32.8 Å². The second-order valence-electron chi connectivity index (χ2n) is 5.07. The van der Waals surface area contributed by atoms with Gasteiger partial charge < -0.3 is 4.90 Å². The third-order valence-electron chi connectivity index (χ3n) is 3.36. The molecule has 102 valence electrons. The summed E-state index contributed by atoms with van der Waals surface area (Å²) in [6.07, 6.45) is 3.03. The third kappa shape index (κ3) is 2.84. The predicted molar refractivity (Wildman–Crippen MR) is 84.1 cm³/mol. The van der Waals surface area contributed by atoms with Gasteiger partial charge in [0.25, 0.3) is 0 Å². The van der Waals surface area contributed by atoms with Gasteiger partial charge in [-0.25, -0.2) is 4.98 Å². The number of benzene rings is 1. The molecule has 1 heterocycles. The van der Waals surface area contributed by atoms with Crippen molar-refractivity contribution in [3.63, 3.8) is 0 Å². The van der Waals surface area contributed by atoms with Crippen LogP contribution in [0.5, 0.6) is 0 Å². The fourth-order valence-electron chi connectivity index (χ4n) is 2.42. The number of pyridine rings is 1. The minimum Gasteiger partial charge on any atom is -0.354 e. The van der Waals surface area contributed by atoms with Crippen LogP contribution in [-0.4, -0.2) is 17.6 Å². The molecule has 19 heavy (non-hydrogen) atoms. The normalized spacial score (nSPS) is 11.2. The van der Waals surface area contributed by atoms with E-state index in [0.29, 0.717) is 11.9 Å². The van der Waals surface area contributed by atoms with E-state index in [2.05, 4.69) is 54.9 Å². The van der Waals surface area contributed by atoms with E-state index in [1.165, 1.54) is 10.8 Å². The van der Waals surface area contributed by atoms with Crippen LogP contribution in [-0.2, 0) is 5.88 Å². The molecule has 0 N–H and O–H groups in total. The van der Waals surface area contributed by atoms with E-state index in [9.17, 15) is 0 Å². The molecule has 3 heteroatoms. The van der Waals surface area contributed by atoms with E-state index in [1.54, 1.807) is 0 Å². The van der Waals surface area contributed by atoms with Crippen molar-refractivity contribution in [1.29, 1.82) is 0 Å². The fraction of sp³-hybridized carbons (Fsp3) is 0.438.